The average molecular weight is 293 g/mol. The minimum Gasteiger partial charge on any atom is -0.391 e. The Morgan fingerprint density at radius 2 is 1.86 bits per heavy atom. The number of piperidine rings is 1. The standard InChI is InChI=1S/C16H23NO4/c18-13-7-4-8-17-12(15(19)16(20)14(13)17)10-21-9-11-5-2-1-3-6-11/h1-3,5-6,12-16,18-20H,4,7-10H2/t12-,13-,14-,15-,16+/m1/s1. The van der Waals surface area contributed by atoms with Crippen molar-refractivity contribution in [3.05, 3.63) is 35.9 Å². The number of aliphatic hydroxyl groups is 3. The highest BCUT2D eigenvalue weighted by atomic mass is 16.5. The molecule has 0 aliphatic carbocycles. The van der Waals surface area contributed by atoms with E-state index in [1.165, 1.54) is 0 Å². The molecule has 2 heterocycles. The van der Waals surface area contributed by atoms with E-state index in [1.807, 2.05) is 35.2 Å². The van der Waals surface area contributed by atoms with Crippen LogP contribution in [0.25, 0.3) is 0 Å². The first-order valence-corrected chi connectivity index (χ1v) is 7.60. The molecule has 5 nitrogen and oxygen atoms in total. The summed E-state index contributed by atoms with van der Waals surface area (Å²) >= 11 is 0. The Balaban J connectivity index is 1.59. The van der Waals surface area contributed by atoms with Crippen molar-refractivity contribution in [1.29, 1.82) is 0 Å². The molecule has 5 heteroatoms. The molecule has 0 bridgehead atoms. The molecule has 3 N–H and O–H groups in total. The molecule has 1 aromatic rings. The highest BCUT2D eigenvalue weighted by Crippen LogP contribution is 2.32. The van der Waals surface area contributed by atoms with Crippen LogP contribution in [0.2, 0.25) is 0 Å². The molecule has 2 saturated heterocycles. The molecule has 0 radical (unpaired) electrons. The Morgan fingerprint density at radius 3 is 2.62 bits per heavy atom. The van der Waals surface area contributed by atoms with Gasteiger partial charge in [-0.05, 0) is 24.9 Å². The lowest BCUT2D eigenvalue weighted by atomic mass is 9.97. The van der Waals surface area contributed by atoms with Gasteiger partial charge < -0.3 is 20.1 Å². The summed E-state index contributed by atoms with van der Waals surface area (Å²) in [5.74, 6) is 0. The Bertz CT molecular complexity index is 455. The van der Waals surface area contributed by atoms with Crippen LogP contribution in [0.4, 0.5) is 0 Å². The molecule has 116 valence electrons. The Morgan fingerprint density at radius 1 is 1.10 bits per heavy atom. The van der Waals surface area contributed by atoms with Gasteiger partial charge in [-0.25, -0.2) is 0 Å². The monoisotopic (exact) mass is 293 g/mol. The number of ether oxygens (including phenoxy) is 1. The molecular formula is C16H23NO4. The van der Waals surface area contributed by atoms with E-state index < -0.39 is 18.3 Å². The minimum absolute atomic E-state index is 0.247. The van der Waals surface area contributed by atoms with Crippen LogP contribution < -0.4 is 0 Å². The Hall–Kier alpha value is -0.980. The largest absolute Gasteiger partial charge is 0.391 e. The third-order valence-corrected chi connectivity index (χ3v) is 4.61. The first-order valence-electron chi connectivity index (χ1n) is 7.60. The number of aliphatic hydroxyl groups excluding tert-OH is 3. The molecule has 1 aromatic carbocycles. The maximum absolute atomic E-state index is 10.2. The van der Waals surface area contributed by atoms with E-state index in [1.54, 1.807) is 0 Å². The predicted molar refractivity (Wildman–Crippen MR) is 77.6 cm³/mol. The van der Waals surface area contributed by atoms with Gasteiger partial charge in [-0.3, -0.25) is 4.90 Å². The third-order valence-electron chi connectivity index (χ3n) is 4.61. The molecule has 2 fully saturated rings. The smallest absolute Gasteiger partial charge is 0.0995 e. The van der Waals surface area contributed by atoms with E-state index in [4.69, 9.17) is 4.74 Å². The van der Waals surface area contributed by atoms with Crippen molar-refractivity contribution in [3.63, 3.8) is 0 Å². The lowest BCUT2D eigenvalue weighted by Gasteiger charge is -2.37. The van der Waals surface area contributed by atoms with Gasteiger partial charge in [0.2, 0.25) is 0 Å². The van der Waals surface area contributed by atoms with Crippen molar-refractivity contribution in [1.82, 2.24) is 4.90 Å². The molecular weight excluding hydrogens is 270 g/mol. The van der Waals surface area contributed by atoms with Gasteiger partial charge in [0, 0.05) is 0 Å². The molecule has 2 aliphatic heterocycles. The highest BCUT2D eigenvalue weighted by molar-refractivity contribution is 5.13. The zero-order valence-corrected chi connectivity index (χ0v) is 12.0. The Kier molecular flexibility index (Phi) is 4.57. The van der Waals surface area contributed by atoms with Crippen LogP contribution in [0.1, 0.15) is 18.4 Å². The van der Waals surface area contributed by atoms with Gasteiger partial charge >= 0.3 is 0 Å². The number of nitrogens with zero attached hydrogens (tertiary/aromatic N) is 1. The second-order valence-corrected chi connectivity index (χ2v) is 5.99. The van der Waals surface area contributed by atoms with Gasteiger partial charge in [0.1, 0.15) is 0 Å². The molecule has 0 aromatic heterocycles. The number of hydrogen-bond acceptors (Lipinski definition) is 5. The highest BCUT2D eigenvalue weighted by Gasteiger charge is 2.51. The van der Waals surface area contributed by atoms with E-state index in [-0.39, 0.29) is 12.1 Å². The van der Waals surface area contributed by atoms with Crippen molar-refractivity contribution >= 4 is 0 Å². The maximum Gasteiger partial charge on any atom is 0.0995 e. The normalized spacial score (nSPS) is 36.6. The van der Waals surface area contributed by atoms with Crippen LogP contribution in [-0.4, -0.2) is 63.8 Å². The summed E-state index contributed by atoms with van der Waals surface area (Å²) < 4.78 is 5.71. The van der Waals surface area contributed by atoms with E-state index in [0.717, 1.165) is 18.5 Å². The molecule has 0 saturated carbocycles. The number of fused-ring (bicyclic) bond motifs is 1. The fourth-order valence-corrected chi connectivity index (χ4v) is 3.53. The summed E-state index contributed by atoms with van der Waals surface area (Å²) in [5.41, 5.74) is 1.08. The fraction of sp³-hybridized carbons (Fsp3) is 0.625. The topological polar surface area (TPSA) is 73.2 Å². The van der Waals surface area contributed by atoms with Crippen molar-refractivity contribution in [3.8, 4) is 0 Å². The van der Waals surface area contributed by atoms with E-state index >= 15 is 0 Å². The molecule has 3 rings (SSSR count). The van der Waals surface area contributed by atoms with Crippen LogP contribution in [-0.2, 0) is 11.3 Å². The first kappa shape index (κ1) is 14.9. The van der Waals surface area contributed by atoms with Crippen LogP contribution in [0.3, 0.4) is 0 Å². The molecule has 0 spiro atoms. The first-order chi connectivity index (χ1) is 10.2. The summed E-state index contributed by atoms with van der Waals surface area (Å²) in [7, 11) is 0. The Labute approximate surface area is 124 Å². The molecule has 0 unspecified atom stereocenters. The van der Waals surface area contributed by atoms with Gasteiger partial charge in [0.25, 0.3) is 0 Å². The lowest BCUT2D eigenvalue weighted by molar-refractivity contribution is -0.0322. The molecule has 5 atom stereocenters. The average Bonchev–Trinajstić information content (AvgIpc) is 2.74. The van der Waals surface area contributed by atoms with Gasteiger partial charge in [-0.1, -0.05) is 30.3 Å². The molecule has 0 amide bonds. The van der Waals surface area contributed by atoms with E-state index in [2.05, 4.69) is 0 Å². The van der Waals surface area contributed by atoms with Crippen molar-refractivity contribution < 1.29 is 20.1 Å². The number of rotatable bonds is 4. The van der Waals surface area contributed by atoms with Crippen LogP contribution in [0, 0.1) is 0 Å². The number of hydrogen-bond donors (Lipinski definition) is 3. The van der Waals surface area contributed by atoms with Crippen LogP contribution in [0.15, 0.2) is 30.3 Å². The summed E-state index contributed by atoms with van der Waals surface area (Å²) in [5, 5.41) is 30.4. The maximum atomic E-state index is 10.2. The SMILES string of the molecule is O[C@@H]1[C@H](O)[C@@H](COCc2ccccc2)N2CCC[C@@H](O)[C@H]12. The molecule has 2 aliphatic rings. The van der Waals surface area contributed by atoms with Crippen LogP contribution >= 0.6 is 0 Å². The zero-order valence-electron chi connectivity index (χ0n) is 12.0. The minimum atomic E-state index is -0.898. The van der Waals surface area contributed by atoms with Crippen molar-refractivity contribution in [2.75, 3.05) is 13.2 Å². The van der Waals surface area contributed by atoms with Crippen LogP contribution in [0.5, 0.6) is 0 Å². The fourth-order valence-electron chi connectivity index (χ4n) is 3.53. The predicted octanol–water partition coefficient (Wildman–Crippen LogP) is 0.132. The van der Waals surface area contributed by atoms with Gasteiger partial charge in [0.05, 0.1) is 43.6 Å². The van der Waals surface area contributed by atoms with Crippen molar-refractivity contribution in [2.24, 2.45) is 0 Å². The van der Waals surface area contributed by atoms with E-state index in [0.29, 0.717) is 19.6 Å². The van der Waals surface area contributed by atoms with Gasteiger partial charge in [0.15, 0.2) is 0 Å². The third kappa shape index (κ3) is 2.98. The zero-order chi connectivity index (χ0) is 14.8. The second kappa shape index (κ2) is 6.42. The lowest BCUT2D eigenvalue weighted by Crippen LogP contribution is -2.51. The second-order valence-electron chi connectivity index (χ2n) is 5.99. The van der Waals surface area contributed by atoms with E-state index in [9.17, 15) is 15.3 Å². The van der Waals surface area contributed by atoms with Gasteiger partial charge in [-0.15, -0.1) is 0 Å². The molecule has 21 heavy (non-hydrogen) atoms. The summed E-state index contributed by atoms with van der Waals surface area (Å²) in [6, 6.07) is 9.26. The summed E-state index contributed by atoms with van der Waals surface area (Å²) in [6.45, 7) is 1.63. The number of benzene rings is 1. The van der Waals surface area contributed by atoms with Crippen molar-refractivity contribution in [2.45, 2.75) is 49.8 Å². The summed E-state index contributed by atoms with van der Waals surface area (Å²) in [6.07, 6.45) is -0.763. The van der Waals surface area contributed by atoms with Gasteiger partial charge in [-0.2, -0.15) is 0 Å². The summed E-state index contributed by atoms with van der Waals surface area (Å²) in [4.78, 5) is 2.01. The quantitative estimate of drug-likeness (QED) is 0.736.